The zero-order valence-electron chi connectivity index (χ0n) is 18.6. The number of methoxy groups -OCH3 is 2. The highest BCUT2D eigenvalue weighted by molar-refractivity contribution is 5.79. The van der Waals surface area contributed by atoms with Gasteiger partial charge in [-0.2, -0.15) is 0 Å². The number of aliphatic hydroxyl groups is 1. The monoisotopic (exact) mass is 414 g/mol. The Bertz CT molecular complexity index is 796. The van der Waals surface area contributed by atoms with Crippen LogP contribution in [0.15, 0.2) is 53.5 Å². The van der Waals surface area contributed by atoms with Crippen LogP contribution in [-0.2, 0) is 0 Å². The van der Waals surface area contributed by atoms with Crippen LogP contribution in [0.4, 0.5) is 0 Å². The van der Waals surface area contributed by atoms with Crippen LogP contribution in [0.1, 0.15) is 23.1 Å². The SMILES string of the molecule is CN=C(NCC(CO)c1ccccc1)NCC(c1ccc(OC)c(OC)c1)N(C)C. The van der Waals surface area contributed by atoms with Gasteiger partial charge in [-0.3, -0.25) is 4.99 Å². The van der Waals surface area contributed by atoms with Crippen LogP contribution in [-0.4, -0.2) is 71.0 Å². The minimum Gasteiger partial charge on any atom is -0.493 e. The first-order valence-corrected chi connectivity index (χ1v) is 10.0. The van der Waals surface area contributed by atoms with Crippen LogP contribution in [0, 0.1) is 0 Å². The summed E-state index contributed by atoms with van der Waals surface area (Å²) in [4.78, 5) is 6.46. The van der Waals surface area contributed by atoms with E-state index in [1.165, 1.54) is 0 Å². The number of nitrogens with one attached hydrogen (secondary N) is 2. The standard InChI is InChI=1S/C23H34N4O3/c1-24-23(25-14-19(16-28)17-9-7-6-8-10-17)26-15-20(27(2)3)18-11-12-21(29-4)22(13-18)30-5/h6-13,19-20,28H,14-16H2,1-5H3,(H2,24,25,26). The number of hydrogen-bond donors (Lipinski definition) is 3. The third-order valence-corrected chi connectivity index (χ3v) is 5.11. The predicted octanol–water partition coefficient (Wildman–Crippen LogP) is 2.25. The lowest BCUT2D eigenvalue weighted by Crippen LogP contribution is -2.43. The molecule has 164 valence electrons. The van der Waals surface area contributed by atoms with Crippen molar-refractivity contribution in [2.75, 3.05) is 55.1 Å². The first-order valence-electron chi connectivity index (χ1n) is 10.0. The Morgan fingerprint density at radius 1 is 0.967 bits per heavy atom. The van der Waals surface area contributed by atoms with E-state index in [0.717, 1.165) is 11.1 Å². The van der Waals surface area contributed by atoms with Crippen molar-refractivity contribution in [2.45, 2.75) is 12.0 Å². The molecule has 0 aliphatic rings. The average Bonchev–Trinajstić information content (AvgIpc) is 2.78. The van der Waals surface area contributed by atoms with Gasteiger partial charge in [-0.1, -0.05) is 36.4 Å². The third kappa shape index (κ3) is 6.37. The van der Waals surface area contributed by atoms with E-state index >= 15 is 0 Å². The molecule has 0 amide bonds. The fourth-order valence-electron chi connectivity index (χ4n) is 3.31. The smallest absolute Gasteiger partial charge is 0.191 e. The zero-order valence-corrected chi connectivity index (χ0v) is 18.6. The Hall–Kier alpha value is -2.77. The average molecular weight is 415 g/mol. The zero-order chi connectivity index (χ0) is 21.9. The van der Waals surface area contributed by atoms with E-state index in [4.69, 9.17) is 9.47 Å². The van der Waals surface area contributed by atoms with Gasteiger partial charge in [0.15, 0.2) is 17.5 Å². The van der Waals surface area contributed by atoms with Crippen LogP contribution in [0.25, 0.3) is 0 Å². The maximum Gasteiger partial charge on any atom is 0.191 e. The van der Waals surface area contributed by atoms with E-state index in [9.17, 15) is 5.11 Å². The normalized spacial score (nSPS) is 13.6. The predicted molar refractivity (Wildman–Crippen MR) is 122 cm³/mol. The van der Waals surface area contributed by atoms with Gasteiger partial charge in [-0.15, -0.1) is 0 Å². The number of aliphatic imine (C=N–C) groups is 1. The lowest BCUT2D eigenvalue weighted by Gasteiger charge is -2.27. The highest BCUT2D eigenvalue weighted by Crippen LogP contribution is 2.31. The summed E-state index contributed by atoms with van der Waals surface area (Å²) in [5.41, 5.74) is 2.21. The van der Waals surface area contributed by atoms with Gasteiger partial charge in [0, 0.05) is 26.1 Å². The van der Waals surface area contributed by atoms with E-state index in [1.54, 1.807) is 21.3 Å². The summed E-state index contributed by atoms with van der Waals surface area (Å²) in [5, 5.41) is 16.5. The van der Waals surface area contributed by atoms with Crippen LogP contribution in [0.3, 0.4) is 0 Å². The number of nitrogens with zero attached hydrogens (tertiary/aromatic N) is 2. The molecular formula is C23H34N4O3. The van der Waals surface area contributed by atoms with Crippen molar-refractivity contribution in [1.29, 1.82) is 0 Å². The number of benzene rings is 2. The minimum absolute atomic E-state index is 0.000227. The fourth-order valence-corrected chi connectivity index (χ4v) is 3.31. The van der Waals surface area contributed by atoms with Crippen molar-refractivity contribution in [1.82, 2.24) is 15.5 Å². The maximum atomic E-state index is 9.77. The molecule has 30 heavy (non-hydrogen) atoms. The molecule has 0 aliphatic carbocycles. The van der Waals surface area contributed by atoms with Crippen LogP contribution in [0.5, 0.6) is 11.5 Å². The van der Waals surface area contributed by atoms with Gasteiger partial charge in [-0.05, 0) is 37.4 Å². The second kappa shape index (κ2) is 12.0. The number of guanidine groups is 1. The molecule has 0 radical (unpaired) electrons. The molecule has 0 heterocycles. The van der Waals surface area contributed by atoms with E-state index in [1.807, 2.05) is 62.6 Å². The van der Waals surface area contributed by atoms with Gasteiger partial charge in [0.05, 0.1) is 26.9 Å². The molecule has 2 rings (SSSR count). The van der Waals surface area contributed by atoms with E-state index < -0.39 is 0 Å². The molecule has 0 saturated heterocycles. The van der Waals surface area contributed by atoms with E-state index in [0.29, 0.717) is 30.5 Å². The summed E-state index contributed by atoms with van der Waals surface area (Å²) in [5.74, 6) is 2.11. The van der Waals surface area contributed by atoms with Crippen molar-refractivity contribution in [2.24, 2.45) is 4.99 Å². The summed E-state index contributed by atoms with van der Waals surface area (Å²) in [6.07, 6.45) is 0. The Balaban J connectivity index is 2.02. The van der Waals surface area contributed by atoms with Gasteiger partial charge in [0.1, 0.15) is 0 Å². The highest BCUT2D eigenvalue weighted by Gasteiger charge is 2.18. The molecule has 0 spiro atoms. The topological polar surface area (TPSA) is 78.4 Å². The number of hydrogen-bond acceptors (Lipinski definition) is 5. The molecule has 2 aromatic carbocycles. The molecule has 7 heteroatoms. The summed E-state index contributed by atoms with van der Waals surface area (Å²) in [6, 6.07) is 16.1. The van der Waals surface area contributed by atoms with Gasteiger partial charge >= 0.3 is 0 Å². The molecule has 0 saturated carbocycles. The van der Waals surface area contributed by atoms with E-state index in [-0.39, 0.29) is 18.6 Å². The Morgan fingerprint density at radius 3 is 2.20 bits per heavy atom. The molecule has 2 atom stereocenters. The van der Waals surface area contributed by atoms with Gasteiger partial charge in [0.2, 0.25) is 0 Å². The molecule has 0 aliphatic heterocycles. The fraction of sp³-hybridized carbons (Fsp3) is 0.435. The molecule has 7 nitrogen and oxygen atoms in total. The summed E-state index contributed by atoms with van der Waals surface area (Å²) in [7, 11) is 9.09. The second-order valence-electron chi connectivity index (χ2n) is 7.22. The number of likely N-dealkylation sites (N-methyl/N-ethyl adjacent to an activating group) is 1. The van der Waals surface area contributed by atoms with E-state index in [2.05, 4.69) is 20.5 Å². The highest BCUT2D eigenvalue weighted by atomic mass is 16.5. The van der Waals surface area contributed by atoms with Crippen molar-refractivity contribution in [3.63, 3.8) is 0 Å². The van der Waals surface area contributed by atoms with Crippen LogP contribution in [0.2, 0.25) is 0 Å². The molecule has 0 fully saturated rings. The first-order chi connectivity index (χ1) is 14.5. The largest absolute Gasteiger partial charge is 0.493 e. The van der Waals surface area contributed by atoms with Gasteiger partial charge in [-0.25, -0.2) is 0 Å². The molecule has 2 unspecified atom stereocenters. The summed E-state index contributed by atoms with van der Waals surface area (Å²) in [6.45, 7) is 1.31. The molecule has 2 aromatic rings. The lowest BCUT2D eigenvalue weighted by molar-refractivity contribution is 0.264. The van der Waals surface area contributed by atoms with Crippen molar-refractivity contribution in [3.8, 4) is 11.5 Å². The molecule has 0 bridgehead atoms. The van der Waals surface area contributed by atoms with Gasteiger partial charge in [0.25, 0.3) is 0 Å². The van der Waals surface area contributed by atoms with Crippen LogP contribution >= 0.6 is 0 Å². The third-order valence-electron chi connectivity index (χ3n) is 5.11. The maximum absolute atomic E-state index is 9.77. The number of rotatable bonds is 10. The minimum atomic E-state index is 0.000227. The molecule has 0 aromatic heterocycles. The first kappa shape index (κ1) is 23.5. The van der Waals surface area contributed by atoms with Crippen LogP contribution < -0.4 is 20.1 Å². The summed E-state index contributed by atoms with van der Waals surface area (Å²) >= 11 is 0. The molecule has 3 N–H and O–H groups in total. The number of ether oxygens (including phenoxy) is 2. The Morgan fingerprint density at radius 2 is 1.63 bits per heavy atom. The quantitative estimate of drug-likeness (QED) is 0.409. The Labute approximate surface area is 179 Å². The van der Waals surface area contributed by atoms with Crippen molar-refractivity contribution in [3.05, 3.63) is 59.7 Å². The Kier molecular flexibility index (Phi) is 9.44. The number of aliphatic hydroxyl groups excluding tert-OH is 1. The molecular weight excluding hydrogens is 380 g/mol. The lowest BCUT2D eigenvalue weighted by atomic mass is 10.0. The van der Waals surface area contributed by atoms with Gasteiger partial charge < -0.3 is 30.1 Å². The second-order valence-corrected chi connectivity index (χ2v) is 7.22. The summed E-state index contributed by atoms with van der Waals surface area (Å²) < 4.78 is 10.8. The van der Waals surface area contributed by atoms with Crippen molar-refractivity contribution < 1.29 is 14.6 Å². The van der Waals surface area contributed by atoms with Crippen molar-refractivity contribution >= 4 is 5.96 Å².